The zero-order valence-corrected chi connectivity index (χ0v) is 16.1. The molecule has 28 heavy (non-hydrogen) atoms. The van der Waals surface area contributed by atoms with Crippen molar-refractivity contribution in [3.63, 3.8) is 0 Å². The van der Waals surface area contributed by atoms with E-state index in [9.17, 15) is 9.90 Å². The molecular weight excluding hydrogens is 350 g/mol. The van der Waals surface area contributed by atoms with Gasteiger partial charge in [0.25, 0.3) is 5.91 Å². The number of benzene rings is 2. The van der Waals surface area contributed by atoms with Crippen molar-refractivity contribution in [1.82, 2.24) is 14.7 Å². The van der Waals surface area contributed by atoms with Crippen LogP contribution >= 0.6 is 0 Å². The average Bonchev–Trinajstić information content (AvgIpc) is 3.35. The van der Waals surface area contributed by atoms with Gasteiger partial charge in [0.15, 0.2) is 5.69 Å². The molecule has 1 N–H and O–H groups in total. The molecular formula is C23H25N3O2. The summed E-state index contributed by atoms with van der Waals surface area (Å²) in [5, 5.41) is 13.8. The number of aliphatic hydroxyl groups excluding tert-OH is 1. The minimum absolute atomic E-state index is 0.00406. The molecule has 1 atom stereocenters. The molecule has 0 bridgehead atoms. The van der Waals surface area contributed by atoms with Crippen molar-refractivity contribution in [2.45, 2.75) is 19.4 Å². The van der Waals surface area contributed by atoms with Crippen LogP contribution in [0.5, 0.6) is 0 Å². The fourth-order valence-corrected chi connectivity index (χ4v) is 3.98. The third-order valence-electron chi connectivity index (χ3n) is 5.44. The van der Waals surface area contributed by atoms with Crippen molar-refractivity contribution in [2.75, 3.05) is 13.1 Å². The molecule has 0 spiro atoms. The fourth-order valence-electron chi connectivity index (χ4n) is 3.98. The van der Waals surface area contributed by atoms with Gasteiger partial charge in [-0.15, -0.1) is 0 Å². The minimum atomic E-state index is 0.00406. The number of rotatable bonds is 5. The van der Waals surface area contributed by atoms with Gasteiger partial charge < -0.3 is 10.0 Å². The Morgan fingerprint density at radius 3 is 2.68 bits per heavy atom. The lowest BCUT2D eigenvalue weighted by Gasteiger charge is -2.15. The Kier molecular flexibility index (Phi) is 5.26. The first-order valence-electron chi connectivity index (χ1n) is 9.71. The van der Waals surface area contributed by atoms with Crippen LogP contribution in [0, 0.1) is 5.92 Å². The summed E-state index contributed by atoms with van der Waals surface area (Å²) in [6.07, 6.45) is 1.92. The van der Waals surface area contributed by atoms with Crippen LogP contribution in [0.25, 0.3) is 11.3 Å². The standard InChI is InChI=1S/C23H25N3O2/c1-25-22(20-8-3-2-4-9-20)14-21(24-25)23(28)26-11-10-18(15-26)12-17-6-5-7-19(13-17)16-27/h2-9,13-14,18,27H,10-12,15-16H2,1H3/t18-/m1/s1. The summed E-state index contributed by atoms with van der Waals surface area (Å²) >= 11 is 0. The zero-order valence-electron chi connectivity index (χ0n) is 16.1. The molecule has 1 aliphatic heterocycles. The van der Waals surface area contributed by atoms with Gasteiger partial charge in [0.05, 0.1) is 12.3 Å². The van der Waals surface area contributed by atoms with Crippen molar-refractivity contribution in [2.24, 2.45) is 13.0 Å². The van der Waals surface area contributed by atoms with E-state index in [1.165, 1.54) is 5.56 Å². The maximum Gasteiger partial charge on any atom is 0.274 e. The average molecular weight is 375 g/mol. The van der Waals surface area contributed by atoms with Crippen molar-refractivity contribution in [1.29, 1.82) is 0 Å². The lowest BCUT2D eigenvalue weighted by Crippen LogP contribution is -2.29. The molecule has 5 heteroatoms. The maximum absolute atomic E-state index is 13.0. The summed E-state index contributed by atoms with van der Waals surface area (Å²) in [6, 6.07) is 19.9. The van der Waals surface area contributed by atoms with Gasteiger partial charge in [0.2, 0.25) is 0 Å². The summed E-state index contributed by atoms with van der Waals surface area (Å²) in [6.45, 7) is 1.58. The van der Waals surface area contributed by atoms with E-state index in [1.54, 1.807) is 4.68 Å². The van der Waals surface area contributed by atoms with Gasteiger partial charge in [-0.3, -0.25) is 9.48 Å². The number of hydrogen-bond acceptors (Lipinski definition) is 3. The first kappa shape index (κ1) is 18.4. The molecule has 1 fully saturated rings. The number of nitrogens with zero attached hydrogens (tertiary/aromatic N) is 3. The predicted molar refractivity (Wildman–Crippen MR) is 109 cm³/mol. The zero-order chi connectivity index (χ0) is 19.5. The third-order valence-corrected chi connectivity index (χ3v) is 5.44. The molecule has 2 aromatic carbocycles. The Hall–Kier alpha value is -2.92. The van der Waals surface area contributed by atoms with E-state index < -0.39 is 0 Å². The molecule has 0 unspecified atom stereocenters. The van der Waals surface area contributed by atoms with Gasteiger partial charge >= 0.3 is 0 Å². The molecule has 4 rings (SSSR count). The number of aromatic nitrogens is 2. The number of aliphatic hydroxyl groups is 1. The van der Waals surface area contributed by atoms with Crippen LogP contribution in [0.15, 0.2) is 60.7 Å². The Balaban J connectivity index is 1.43. The second kappa shape index (κ2) is 7.98. The van der Waals surface area contributed by atoms with E-state index in [0.29, 0.717) is 11.6 Å². The van der Waals surface area contributed by atoms with Gasteiger partial charge in [-0.05, 0) is 41.5 Å². The highest BCUT2D eigenvalue weighted by molar-refractivity contribution is 5.93. The Morgan fingerprint density at radius 1 is 1.11 bits per heavy atom. The molecule has 0 radical (unpaired) electrons. The molecule has 144 valence electrons. The van der Waals surface area contributed by atoms with Crippen LogP contribution in [-0.4, -0.2) is 38.8 Å². The summed E-state index contributed by atoms with van der Waals surface area (Å²) in [5.41, 5.74) is 4.66. The van der Waals surface area contributed by atoms with Crippen molar-refractivity contribution in [3.05, 3.63) is 77.5 Å². The topological polar surface area (TPSA) is 58.4 Å². The van der Waals surface area contributed by atoms with Crippen LogP contribution in [-0.2, 0) is 20.1 Å². The normalized spacial score (nSPS) is 16.5. The van der Waals surface area contributed by atoms with E-state index in [2.05, 4.69) is 17.2 Å². The smallest absolute Gasteiger partial charge is 0.274 e. The Morgan fingerprint density at radius 2 is 1.89 bits per heavy atom. The van der Waals surface area contributed by atoms with Crippen LogP contribution in [0.3, 0.4) is 0 Å². The van der Waals surface area contributed by atoms with Crippen molar-refractivity contribution >= 4 is 5.91 Å². The Bertz CT molecular complexity index is 965. The number of carbonyl (C=O) groups is 1. The monoisotopic (exact) mass is 375 g/mol. The van der Waals surface area contributed by atoms with E-state index in [1.807, 2.05) is 60.5 Å². The largest absolute Gasteiger partial charge is 0.392 e. The van der Waals surface area contributed by atoms with E-state index >= 15 is 0 Å². The minimum Gasteiger partial charge on any atom is -0.392 e. The van der Waals surface area contributed by atoms with Crippen LogP contribution in [0.2, 0.25) is 0 Å². The van der Waals surface area contributed by atoms with Gasteiger partial charge in [0.1, 0.15) is 0 Å². The van der Waals surface area contributed by atoms with Gasteiger partial charge in [-0.2, -0.15) is 5.10 Å². The number of hydrogen-bond donors (Lipinski definition) is 1. The summed E-state index contributed by atoms with van der Waals surface area (Å²) in [5.74, 6) is 0.444. The first-order valence-corrected chi connectivity index (χ1v) is 9.71. The predicted octanol–water partition coefficient (Wildman–Crippen LogP) is 3.28. The number of carbonyl (C=O) groups excluding carboxylic acids is 1. The van der Waals surface area contributed by atoms with Crippen LogP contribution in [0.4, 0.5) is 0 Å². The molecule has 1 amide bonds. The highest BCUT2D eigenvalue weighted by atomic mass is 16.3. The molecule has 1 aliphatic rings. The molecule has 0 aliphatic carbocycles. The highest BCUT2D eigenvalue weighted by Crippen LogP contribution is 2.25. The second-order valence-corrected chi connectivity index (χ2v) is 7.49. The summed E-state index contributed by atoms with van der Waals surface area (Å²) < 4.78 is 1.77. The molecule has 5 nitrogen and oxygen atoms in total. The van der Waals surface area contributed by atoms with E-state index in [0.717, 1.165) is 42.8 Å². The molecule has 1 aromatic heterocycles. The quantitative estimate of drug-likeness (QED) is 0.744. The van der Waals surface area contributed by atoms with Gasteiger partial charge in [0, 0.05) is 20.1 Å². The van der Waals surface area contributed by atoms with Crippen LogP contribution < -0.4 is 0 Å². The van der Waals surface area contributed by atoms with Gasteiger partial charge in [-0.25, -0.2) is 0 Å². The summed E-state index contributed by atoms with van der Waals surface area (Å²) in [7, 11) is 1.88. The number of aryl methyl sites for hydroxylation is 1. The van der Waals surface area contributed by atoms with E-state index in [-0.39, 0.29) is 12.5 Å². The number of likely N-dealkylation sites (tertiary alicyclic amines) is 1. The first-order chi connectivity index (χ1) is 13.6. The van der Waals surface area contributed by atoms with Crippen LogP contribution in [0.1, 0.15) is 28.0 Å². The molecule has 0 saturated carbocycles. The van der Waals surface area contributed by atoms with E-state index in [4.69, 9.17) is 0 Å². The lowest BCUT2D eigenvalue weighted by molar-refractivity contribution is 0.0780. The highest BCUT2D eigenvalue weighted by Gasteiger charge is 2.28. The second-order valence-electron chi connectivity index (χ2n) is 7.49. The van der Waals surface area contributed by atoms with Crippen molar-refractivity contribution in [3.8, 4) is 11.3 Å². The molecule has 1 saturated heterocycles. The Labute approximate surface area is 165 Å². The maximum atomic E-state index is 13.0. The lowest BCUT2D eigenvalue weighted by atomic mass is 9.97. The van der Waals surface area contributed by atoms with Gasteiger partial charge in [-0.1, -0.05) is 54.6 Å². The molecule has 2 heterocycles. The number of amides is 1. The fraction of sp³-hybridized carbons (Fsp3) is 0.304. The SMILES string of the molecule is Cn1nc(C(=O)N2CC[C@H](Cc3cccc(CO)c3)C2)cc1-c1ccccc1. The third kappa shape index (κ3) is 3.85. The van der Waals surface area contributed by atoms with Crippen molar-refractivity contribution < 1.29 is 9.90 Å². The summed E-state index contributed by atoms with van der Waals surface area (Å²) in [4.78, 5) is 14.9. The molecule has 3 aromatic rings.